The molecule has 5 nitrogen and oxygen atoms in total. The fourth-order valence-electron chi connectivity index (χ4n) is 3.46. The summed E-state index contributed by atoms with van der Waals surface area (Å²) in [5, 5.41) is 0. The highest BCUT2D eigenvalue weighted by atomic mass is 16.5. The predicted octanol–water partition coefficient (Wildman–Crippen LogP) is 3.12. The second kappa shape index (κ2) is 8.23. The van der Waals surface area contributed by atoms with E-state index in [9.17, 15) is 4.79 Å². The Balaban J connectivity index is 1.71. The minimum Gasteiger partial charge on any atom is -0.493 e. The number of hydrogen-bond donors (Lipinski definition) is 0. The van der Waals surface area contributed by atoms with E-state index in [1.807, 2.05) is 48.2 Å². The van der Waals surface area contributed by atoms with Crippen molar-refractivity contribution in [2.45, 2.75) is 19.9 Å². The fraction of sp³-hybridized carbons (Fsp3) is 0.381. The molecule has 5 heteroatoms. The molecule has 0 spiro atoms. The van der Waals surface area contributed by atoms with Crippen molar-refractivity contribution in [1.82, 2.24) is 4.90 Å². The number of hydrogen-bond acceptors (Lipinski definition) is 4. The van der Waals surface area contributed by atoms with Crippen LogP contribution in [0, 0.1) is 0 Å². The first-order valence-electron chi connectivity index (χ1n) is 8.97. The van der Waals surface area contributed by atoms with Crippen LogP contribution in [0.3, 0.4) is 0 Å². The molecule has 3 rings (SSSR count). The molecule has 2 aromatic carbocycles. The van der Waals surface area contributed by atoms with Gasteiger partial charge in [-0.1, -0.05) is 18.2 Å². The van der Waals surface area contributed by atoms with Gasteiger partial charge in [-0.2, -0.15) is 0 Å². The summed E-state index contributed by atoms with van der Waals surface area (Å²) in [4.78, 5) is 16.9. The quantitative estimate of drug-likeness (QED) is 0.799. The van der Waals surface area contributed by atoms with Crippen LogP contribution >= 0.6 is 0 Å². The Morgan fingerprint density at radius 2 is 1.73 bits per heavy atom. The number of carbonyl (C=O) groups excluding carboxylic acids is 1. The lowest BCUT2D eigenvalue weighted by Crippen LogP contribution is -2.42. The molecule has 0 fully saturated rings. The third kappa shape index (κ3) is 3.83. The summed E-state index contributed by atoms with van der Waals surface area (Å²) >= 11 is 0. The third-order valence-electron chi connectivity index (χ3n) is 4.84. The summed E-state index contributed by atoms with van der Waals surface area (Å²) in [5.41, 5.74) is 3.41. The molecule has 0 bridgehead atoms. The highest BCUT2D eigenvalue weighted by Gasteiger charge is 2.23. The Hall–Kier alpha value is -2.53. The topological polar surface area (TPSA) is 42.0 Å². The van der Waals surface area contributed by atoms with E-state index in [2.05, 4.69) is 11.0 Å². The van der Waals surface area contributed by atoms with E-state index in [4.69, 9.17) is 9.47 Å². The number of carbonyl (C=O) groups is 1. The van der Waals surface area contributed by atoms with E-state index < -0.39 is 0 Å². The number of fused-ring (bicyclic) bond motifs is 1. The molecular formula is C21H26N2O3. The average molecular weight is 354 g/mol. The van der Waals surface area contributed by atoms with E-state index in [-0.39, 0.29) is 5.91 Å². The zero-order valence-corrected chi connectivity index (χ0v) is 15.7. The number of para-hydroxylation sites is 1. The van der Waals surface area contributed by atoms with Gasteiger partial charge >= 0.3 is 0 Å². The maximum absolute atomic E-state index is 12.8. The first kappa shape index (κ1) is 18.3. The van der Waals surface area contributed by atoms with Gasteiger partial charge in [-0.05, 0) is 48.7 Å². The lowest BCUT2D eigenvalue weighted by atomic mass is 9.98. The number of benzene rings is 2. The molecule has 138 valence electrons. The number of ether oxygens (including phenoxy) is 2. The normalized spacial score (nSPS) is 13.8. The molecule has 0 aliphatic carbocycles. The summed E-state index contributed by atoms with van der Waals surface area (Å²) in [7, 11) is 3.30. The largest absolute Gasteiger partial charge is 0.493 e. The van der Waals surface area contributed by atoms with Crippen LogP contribution < -0.4 is 14.4 Å². The van der Waals surface area contributed by atoms with Crippen molar-refractivity contribution in [2.24, 2.45) is 0 Å². The van der Waals surface area contributed by atoms with Gasteiger partial charge in [-0.15, -0.1) is 0 Å². The number of methoxy groups -OCH3 is 2. The van der Waals surface area contributed by atoms with Gasteiger partial charge in [0, 0.05) is 25.3 Å². The van der Waals surface area contributed by atoms with Crippen molar-refractivity contribution >= 4 is 11.6 Å². The summed E-state index contributed by atoms with van der Waals surface area (Å²) in [6.07, 6.45) is 0.903. The van der Waals surface area contributed by atoms with Crippen molar-refractivity contribution in [3.63, 3.8) is 0 Å². The number of rotatable bonds is 6. The number of likely N-dealkylation sites (N-methyl/N-ethyl adjacent to an activating group) is 1. The minimum absolute atomic E-state index is 0.127. The Labute approximate surface area is 155 Å². The van der Waals surface area contributed by atoms with Crippen molar-refractivity contribution in [2.75, 3.05) is 38.8 Å². The average Bonchev–Trinajstić information content (AvgIpc) is 2.68. The second-order valence-electron chi connectivity index (χ2n) is 6.41. The zero-order valence-electron chi connectivity index (χ0n) is 15.7. The molecule has 0 unspecified atom stereocenters. The van der Waals surface area contributed by atoms with Gasteiger partial charge in [0.1, 0.15) is 0 Å². The Morgan fingerprint density at radius 3 is 2.35 bits per heavy atom. The lowest BCUT2D eigenvalue weighted by Gasteiger charge is -2.31. The highest BCUT2D eigenvalue weighted by Crippen LogP contribution is 2.33. The Kier molecular flexibility index (Phi) is 5.78. The summed E-state index contributed by atoms with van der Waals surface area (Å²) in [6, 6.07) is 13.9. The third-order valence-corrected chi connectivity index (χ3v) is 4.84. The molecule has 1 heterocycles. The van der Waals surface area contributed by atoms with Crippen LogP contribution in [0.5, 0.6) is 11.5 Å². The Morgan fingerprint density at radius 1 is 1.08 bits per heavy atom. The molecule has 2 aromatic rings. The smallest absolute Gasteiger partial charge is 0.241 e. The van der Waals surface area contributed by atoms with Gasteiger partial charge in [0.25, 0.3) is 0 Å². The molecule has 0 radical (unpaired) electrons. The number of amides is 1. The highest BCUT2D eigenvalue weighted by molar-refractivity contribution is 5.94. The first-order valence-corrected chi connectivity index (χ1v) is 8.97. The molecule has 1 amide bonds. The van der Waals surface area contributed by atoms with Crippen LogP contribution in [0.15, 0.2) is 42.5 Å². The van der Waals surface area contributed by atoms with E-state index in [1.165, 1.54) is 11.1 Å². The number of anilines is 1. The maximum atomic E-state index is 12.8. The van der Waals surface area contributed by atoms with Crippen molar-refractivity contribution < 1.29 is 14.3 Å². The molecule has 0 aromatic heterocycles. The van der Waals surface area contributed by atoms with Gasteiger partial charge < -0.3 is 14.4 Å². The van der Waals surface area contributed by atoms with Crippen LogP contribution in [0.25, 0.3) is 0 Å². The molecule has 0 saturated carbocycles. The van der Waals surface area contributed by atoms with Gasteiger partial charge in [0.05, 0.1) is 20.8 Å². The van der Waals surface area contributed by atoms with Crippen LogP contribution in [-0.4, -0.2) is 44.7 Å². The van der Waals surface area contributed by atoms with Crippen molar-refractivity contribution in [3.05, 3.63) is 53.6 Å². The molecular weight excluding hydrogens is 328 g/mol. The van der Waals surface area contributed by atoms with Crippen molar-refractivity contribution in [3.8, 4) is 11.5 Å². The van der Waals surface area contributed by atoms with E-state index >= 15 is 0 Å². The molecule has 0 atom stereocenters. The van der Waals surface area contributed by atoms with Gasteiger partial charge in [-0.25, -0.2) is 0 Å². The van der Waals surface area contributed by atoms with Gasteiger partial charge in [-0.3, -0.25) is 9.69 Å². The Bertz CT molecular complexity index is 761. The molecule has 1 aliphatic rings. The van der Waals surface area contributed by atoms with E-state index in [0.717, 1.165) is 36.7 Å². The zero-order chi connectivity index (χ0) is 18.5. The molecule has 26 heavy (non-hydrogen) atoms. The lowest BCUT2D eigenvalue weighted by molar-refractivity contribution is -0.119. The number of nitrogens with zero attached hydrogens (tertiary/aromatic N) is 2. The van der Waals surface area contributed by atoms with Crippen LogP contribution in [0.4, 0.5) is 5.69 Å². The first-order chi connectivity index (χ1) is 12.7. The summed E-state index contributed by atoms with van der Waals surface area (Å²) < 4.78 is 10.8. The van der Waals surface area contributed by atoms with Crippen LogP contribution in [0.2, 0.25) is 0 Å². The monoisotopic (exact) mass is 354 g/mol. The van der Waals surface area contributed by atoms with E-state index in [1.54, 1.807) is 14.2 Å². The fourth-order valence-corrected chi connectivity index (χ4v) is 3.46. The van der Waals surface area contributed by atoms with Gasteiger partial charge in [0.15, 0.2) is 11.5 Å². The minimum atomic E-state index is 0.127. The van der Waals surface area contributed by atoms with Crippen molar-refractivity contribution in [1.29, 1.82) is 0 Å². The van der Waals surface area contributed by atoms with E-state index in [0.29, 0.717) is 13.1 Å². The summed E-state index contributed by atoms with van der Waals surface area (Å²) in [6.45, 7) is 4.69. The van der Waals surface area contributed by atoms with Crippen LogP contribution in [-0.2, 0) is 17.8 Å². The SMILES string of the molecule is CCN(C(=O)CN1CCc2cc(OC)c(OC)cc2C1)c1ccccc1. The molecule has 0 saturated heterocycles. The summed E-state index contributed by atoms with van der Waals surface area (Å²) in [5.74, 6) is 1.62. The van der Waals surface area contributed by atoms with Gasteiger partial charge in [0.2, 0.25) is 5.91 Å². The van der Waals surface area contributed by atoms with Crippen LogP contribution in [0.1, 0.15) is 18.1 Å². The molecule has 1 aliphatic heterocycles. The standard InChI is InChI=1S/C21H26N2O3/c1-4-23(18-8-6-5-7-9-18)21(24)15-22-11-10-16-12-19(25-2)20(26-3)13-17(16)14-22/h5-9,12-13H,4,10-11,14-15H2,1-3H3. The second-order valence-corrected chi connectivity index (χ2v) is 6.41. The predicted molar refractivity (Wildman–Crippen MR) is 103 cm³/mol. The molecule has 0 N–H and O–H groups in total. The maximum Gasteiger partial charge on any atom is 0.241 e.